The number of aryl methyl sites for hydroxylation is 2. The van der Waals surface area contributed by atoms with E-state index in [-0.39, 0.29) is 25.0 Å². The molecule has 0 unspecified atom stereocenters. The van der Waals surface area contributed by atoms with E-state index in [4.69, 9.17) is 27.9 Å². The van der Waals surface area contributed by atoms with E-state index in [9.17, 15) is 9.59 Å². The van der Waals surface area contributed by atoms with Crippen LogP contribution in [0.2, 0.25) is 10.0 Å². The highest BCUT2D eigenvalue weighted by Gasteiger charge is 2.30. The average Bonchev–Trinajstić information content (AvgIpc) is 2.75. The van der Waals surface area contributed by atoms with E-state index in [1.165, 1.54) is 4.90 Å². The van der Waals surface area contributed by atoms with Crippen molar-refractivity contribution in [3.8, 4) is 5.75 Å². The van der Waals surface area contributed by atoms with Crippen molar-refractivity contribution in [3.05, 3.63) is 61.5 Å². The zero-order valence-electron chi connectivity index (χ0n) is 19.7. The maximum Gasteiger partial charge on any atom is 0.261 e. The third kappa shape index (κ3) is 7.62. The van der Waals surface area contributed by atoms with Gasteiger partial charge >= 0.3 is 0 Å². The SMILES string of the molecule is CC[C@H](C(=O)NCC(C)C)N(Cc1c(Cl)cccc1Cl)C(=O)COc1cc(C)c(Br)c(C)c1. The number of ether oxygens (including phenoxy) is 1. The molecule has 0 aliphatic carbocycles. The Morgan fingerprint density at radius 3 is 2.21 bits per heavy atom. The average molecular weight is 558 g/mol. The van der Waals surface area contributed by atoms with Gasteiger partial charge in [-0.2, -0.15) is 0 Å². The lowest BCUT2D eigenvalue weighted by molar-refractivity contribution is -0.143. The Morgan fingerprint density at radius 2 is 1.70 bits per heavy atom. The summed E-state index contributed by atoms with van der Waals surface area (Å²) in [6.45, 7) is 10.2. The second-order valence-electron chi connectivity index (χ2n) is 8.44. The summed E-state index contributed by atoms with van der Waals surface area (Å²) in [6, 6.07) is 8.23. The molecule has 0 aliphatic rings. The monoisotopic (exact) mass is 556 g/mol. The molecule has 2 aromatic rings. The Morgan fingerprint density at radius 1 is 1.12 bits per heavy atom. The number of benzene rings is 2. The summed E-state index contributed by atoms with van der Waals surface area (Å²) < 4.78 is 6.83. The summed E-state index contributed by atoms with van der Waals surface area (Å²) in [4.78, 5) is 27.8. The van der Waals surface area contributed by atoms with Gasteiger partial charge in [-0.05, 0) is 61.6 Å². The molecule has 180 valence electrons. The first kappa shape index (κ1) is 27.5. The maximum absolute atomic E-state index is 13.3. The minimum Gasteiger partial charge on any atom is -0.484 e. The fourth-order valence-corrected chi connectivity index (χ4v) is 4.16. The van der Waals surface area contributed by atoms with E-state index in [1.807, 2.05) is 46.8 Å². The van der Waals surface area contributed by atoms with Gasteiger partial charge in [-0.25, -0.2) is 0 Å². The highest BCUT2D eigenvalue weighted by Crippen LogP contribution is 2.28. The predicted octanol–water partition coefficient (Wildman–Crippen LogP) is 6.33. The fourth-order valence-electron chi connectivity index (χ4n) is 3.41. The lowest BCUT2D eigenvalue weighted by Gasteiger charge is -2.31. The molecule has 2 aromatic carbocycles. The molecule has 0 aliphatic heterocycles. The summed E-state index contributed by atoms with van der Waals surface area (Å²) >= 11 is 16.3. The summed E-state index contributed by atoms with van der Waals surface area (Å²) in [5.74, 6) is 0.351. The van der Waals surface area contributed by atoms with Gasteiger partial charge in [0.05, 0.1) is 0 Å². The summed E-state index contributed by atoms with van der Waals surface area (Å²) in [7, 11) is 0. The molecule has 0 aromatic heterocycles. The van der Waals surface area contributed by atoms with Crippen molar-refractivity contribution in [2.24, 2.45) is 5.92 Å². The molecule has 2 amide bonds. The van der Waals surface area contributed by atoms with Crippen LogP contribution >= 0.6 is 39.1 Å². The quantitative estimate of drug-likeness (QED) is 0.371. The van der Waals surface area contributed by atoms with Crippen LogP contribution in [-0.2, 0) is 16.1 Å². The highest BCUT2D eigenvalue weighted by atomic mass is 79.9. The van der Waals surface area contributed by atoms with Crippen LogP contribution in [-0.4, -0.2) is 35.9 Å². The molecule has 0 fully saturated rings. The lowest BCUT2D eigenvalue weighted by atomic mass is 10.1. The second-order valence-corrected chi connectivity index (χ2v) is 10.1. The van der Waals surface area contributed by atoms with E-state index >= 15 is 0 Å². The molecule has 0 heterocycles. The van der Waals surface area contributed by atoms with Crippen LogP contribution in [0.15, 0.2) is 34.8 Å². The first-order chi connectivity index (χ1) is 15.5. The summed E-state index contributed by atoms with van der Waals surface area (Å²) in [5, 5.41) is 3.82. The van der Waals surface area contributed by atoms with Gasteiger partial charge in [0.15, 0.2) is 6.61 Å². The molecule has 0 spiro atoms. The zero-order valence-corrected chi connectivity index (χ0v) is 22.8. The van der Waals surface area contributed by atoms with Crippen molar-refractivity contribution < 1.29 is 14.3 Å². The van der Waals surface area contributed by atoms with Gasteiger partial charge in [-0.3, -0.25) is 9.59 Å². The molecule has 5 nitrogen and oxygen atoms in total. The van der Waals surface area contributed by atoms with Gasteiger partial charge in [0.1, 0.15) is 11.8 Å². The first-order valence-electron chi connectivity index (χ1n) is 10.9. The normalized spacial score (nSPS) is 11.9. The molecule has 2 rings (SSSR count). The third-order valence-electron chi connectivity index (χ3n) is 5.23. The minimum atomic E-state index is -0.680. The molecular weight excluding hydrogens is 527 g/mol. The third-order valence-corrected chi connectivity index (χ3v) is 7.19. The standard InChI is InChI=1S/C25H31BrCl2N2O3/c1-6-22(25(32)29-12-15(2)3)30(13-19-20(27)8-7-9-21(19)28)23(31)14-33-18-10-16(4)24(26)17(5)11-18/h7-11,15,22H,6,12-14H2,1-5H3,(H,29,32)/t22-/m1/s1. The fraction of sp³-hybridized carbons (Fsp3) is 0.440. The van der Waals surface area contributed by atoms with E-state index in [1.54, 1.807) is 18.2 Å². The Balaban J connectivity index is 2.30. The number of halogens is 3. The maximum atomic E-state index is 13.3. The predicted molar refractivity (Wildman–Crippen MR) is 138 cm³/mol. The van der Waals surface area contributed by atoms with Crippen LogP contribution < -0.4 is 10.1 Å². The van der Waals surface area contributed by atoms with Crippen LogP contribution in [0.4, 0.5) is 0 Å². The van der Waals surface area contributed by atoms with Crippen LogP contribution in [0.25, 0.3) is 0 Å². The highest BCUT2D eigenvalue weighted by molar-refractivity contribution is 9.10. The number of hydrogen-bond acceptors (Lipinski definition) is 3. The largest absolute Gasteiger partial charge is 0.484 e. The lowest BCUT2D eigenvalue weighted by Crippen LogP contribution is -2.50. The van der Waals surface area contributed by atoms with Crippen LogP contribution in [0.1, 0.15) is 43.9 Å². The van der Waals surface area contributed by atoms with Crippen molar-refractivity contribution in [1.82, 2.24) is 10.2 Å². The zero-order chi connectivity index (χ0) is 24.7. The molecule has 33 heavy (non-hydrogen) atoms. The topological polar surface area (TPSA) is 58.6 Å². The Kier molecular flexibility index (Phi) is 10.5. The summed E-state index contributed by atoms with van der Waals surface area (Å²) in [6.07, 6.45) is 0.439. The number of rotatable bonds is 10. The number of hydrogen-bond donors (Lipinski definition) is 1. The van der Waals surface area contributed by atoms with Gasteiger partial charge in [0.25, 0.3) is 5.91 Å². The molecule has 1 N–H and O–H groups in total. The van der Waals surface area contributed by atoms with Crippen LogP contribution in [0.5, 0.6) is 5.75 Å². The molecule has 1 atom stereocenters. The van der Waals surface area contributed by atoms with Crippen molar-refractivity contribution in [1.29, 1.82) is 0 Å². The Labute approximate surface area is 214 Å². The van der Waals surface area contributed by atoms with Gasteiger partial charge in [-0.1, -0.05) is 66.0 Å². The van der Waals surface area contributed by atoms with E-state index in [2.05, 4.69) is 21.2 Å². The van der Waals surface area contributed by atoms with E-state index in [0.717, 1.165) is 15.6 Å². The number of carbonyl (C=O) groups excluding carboxylic acids is 2. The molecule has 0 bridgehead atoms. The number of nitrogens with zero attached hydrogens (tertiary/aromatic N) is 1. The molecule has 0 saturated carbocycles. The van der Waals surface area contributed by atoms with Gasteiger partial charge in [0.2, 0.25) is 5.91 Å². The number of nitrogens with one attached hydrogen (secondary N) is 1. The van der Waals surface area contributed by atoms with Crippen molar-refractivity contribution in [3.63, 3.8) is 0 Å². The van der Waals surface area contributed by atoms with Gasteiger partial charge < -0.3 is 15.0 Å². The van der Waals surface area contributed by atoms with Crippen LogP contribution in [0.3, 0.4) is 0 Å². The van der Waals surface area contributed by atoms with Gasteiger partial charge in [-0.15, -0.1) is 0 Å². The van der Waals surface area contributed by atoms with Crippen molar-refractivity contribution in [2.75, 3.05) is 13.2 Å². The van der Waals surface area contributed by atoms with E-state index in [0.29, 0.717) is 40.2 Å². The van der Waals surface area contributed by atoms with E-state index < -0.39 is 6.04 Å². The summed E-state index contributed by atoms with van der Waals surface area (Å²) in [5.41, 5.74) is 2.62. The molecule has 8 heteroatoms. The molecular formula is C25H31BrCl2N2O3. The van der Waals surface area contributed by atoms with Crippen LogP contribution in [0, 0.1) is 19.8 Å². The molecule has 0 radical (unpaired) electrons. The number of amides is 2. The Bertz CT molecular complexity index is 954. The smallest absolute Gasteiger partial charge is 0.261 e. The first-order valence-corrected chi connectivity index (χ1v) is 12.5. The number of carbonyl (C=O) groups is 2. The minimum absolute atomic E-state index is 0.104. The van der Waals surface area contributed by atoms with Crippen molar-refractivity contribution in [2.45, 2.75) is 53.6 Å². The molecule has 0 saturated heterocycles. The van der Waals surface area contributed by atoms with Crippen molar-refractivity contribution >= 4 is 50.9 Å². The van der Waals surface area contributed by atoms with Gasteiger partial charge in [0, 0.05) is 33.2 Å². The second kappa shape index (κ2) is 12.6. The Hall–Kier alpha value is -1.76.